The van der Waals surface area contributed by atoms with E-state index in [0.717, 1.165) is 60.0 Å². The van der Waals surface area contributed by atoms with E-state index >= 15 is 0 Å². The van der Waals surface area contributed by atoms with E-state index in [9.17, 15) is 0 Å². The molecule has 222 valence electrons. The molecular weight excluding hydrogens is 736 g/mol. The van der Waals surface area contributed by atoms with E-state index in [0.29, 0.717) is 0 Å². The van der Waals surface area contributed by atoms with Crippen LogP contribution in [-0.2, 0) is 19.4 Å². The standard InChI is InChI=1S/C39H30N4O.Pt/c1-26-19-30(42-25-41(29-11-5-4-6-12-29)37-21-27(2)28(3)22-38(37)42)23-32(20-26)44-31-16-17-34-33-13-7-8-14-35(33)43(36(34)24-31)39-15-9-10-18-40-39;/h4-24H,1-3H3;. The van der Waals surface area contributed by atoms with Gasteiger partial charge in [0.15, 0.2) is 0 Å². The maximum atomic E-state index is 6.65. The van der Waals surface area contributed by atoms with Gasteiger partial charge in [-0.3, -0.25) is 0 Å². The van der Waals surface area contributed by atoms with Crippen molar-refractivity contribution < 1.29 is 24.1 Å². The summed E-state index contributed by atoms with van der Waals surface area (Å²) in [5, 5.41) is 2.35. The second-order valence-electron chi connectivity index (χ2n) is 11.5. The fraction of sp³-hybridized carbons (Fsp3) is 0.0769. The molecule has 0 amide bonds. The van der Waals surface area contributed by atoms with Crippen molar-refractivity contribution in [3.63, 3.8) is 0 Å². The van der Waals surface area contributed by atoms with Crippen molar-refractivity contribution in [2.24, 2.45) is 0 Å². The summed E-state index contributed by atoms with van der Waals surface area (Å²) in [5.74, 6) is 2.44. The minimum atomic E-state index is 0.775. The molecule has 8 rings (SSSR count). The second-order valence-corrected chi connectivity index (χ2v) is 12.5. The van der Waals surface area contributed by atoms with Crippen LogP contribution in [0.3, 0.4) is 0 Å². The molecule has 5 aromatic carbocycles. The number of aryl methyl sites for hydroxylation is 3. The first-order valence-electron chi connectivity index (χ1n) is 15.0. The van der Waals surface area contributed by atoms with Gasteiger partial charge in [0.05, 0.1) is 0 Å². The summed E-state index contributed by atoms with van der Waals surface area (Å²) in [6.07, 6.45) is 1.83. The Bertz CT molecular complexity index is 2450. The molecule has 0 aliphatic carbocycles. The predicted octanol–water partition coefficient (Wildman–Crippen LogP) is 9.71. The van der Waals surface area contributed by atoms with Crippen LogP contribution in [0.15, 0.2) is 128 Å². The molecule has 0 unspecified atom stereocenters. The fourth-order valence-electron chi connectivity index (χ4n) is 6.28. The topological polar surface area (TPSA) is 36.9 Å². The van der Waals surface area contributed by atoms with Gasteiger partial charge in [-0.05, 0) is 6.07 Å². The summed E-state index contributed by atoms with van der Waals surface area (Å²) < 4.78 is 14.6. The number of ether oxygens (including phenoxy) is 1. The molecule has 0 radical (unpaired) electrons. The molecule has 0 aliphatic rings. The molecule has 0 aliphatic heterocycles. The van der Waals surface area contributed by atoms with Crippen molar-refractivity contribution in [1.82, 2.24) is 18.7 Å². The number of pyridine rings is 1. The Morgan fingerprint density at radius 3 is 1.98 bits per heavy atom. The van der Waals surface area contributed by atoms with Crippen LogP contribution in [0, 0.1) is 24.6 Å². The Hall–Kier alpha value is -4.99. The van der Waals surface area contributed by atoms with E-state index in [2.05, 4.69) is 162 Å². The van der Waals surface area contributed by atoms with Crippen LogP contribution >= 0.6 is 0 Å². The number of hydrogen-bond donors (Lipinski definition) is 0. The Morgan fingerprint density at radius 2 is 1.22 bits per heavy atom. The van der Waals surface area contributed by atoms with Crippen molar-refractivity contribution >= 4 is 32.8 Å². The van der Waals surface area contributed by atoms with E-state index in [1.165, 1.54) is 22.0 Å². The Labute approximate surface area is 272 Å². The third-order valence-corrected chi connectivity index (χ3v) is 9.50. The van der Waals surface area contributed by atoms with E-state index in [1.807, 2.05) is 24.4 Å². The first-order chi connectivity index (χ1) is 22.0. The molecule has 0 fully saturated rings. The Kier molecular flexibility index (Phi) is 6.65. The second kappa shape index (κ2) is 10.9. The zero-order valence-electron chi connectivity index (χ0n) is 25.1. The molecule has 6 heteroatoms. The van der Waals surface area contributed by atoms with Crippen LogP contribution in [0.1, 0.15) is 16.7 Å². The van der Waals surface area contributed by atoms with Crippen molar-refractivity contribution in [3.8, 4) is 28.7 Å². The van der Waals surface area contributed by atoms with Crippen LogP contribution in [-0.4, -0.2) is 18.7 Å². The zero-order valence-corrected chi connectivity index (χ0v) is 27.4. The van der Waals surface area contributed by atoms with E-state index in [-0.39, 0.29) is 0 Å². The Balaban J connectivity index is 1.27. The maximum absolute atomic E-state index is 6.65. The molecule has 0 spiro atoms. The molecule has 0 saturated carbocycles. The minimum absolute atomic E-state index is 0.775. The van der Waals surface area contributed by atoms with Gasteiger partial charge >= 0.3 is 243 Å². The van der Waals surface area contributed by atoms with Crippen molar-refractivity contribution in [1.29, 1.82) is 0 Å². The summed E-state index contributed by atoms with van der Waals surface area (Å²) >= 11 is 2.45. The number of fused-ring (bicyclic) bond motifs is 4. The average molecular weight is 766 g/mol. The first kappa shape index (κ1) is 27.5. The molecule has 5 nitrogen and oxygen atoms in total. The molecule has 0 atom stereocenters. The third kappa shape index (κ3) is 4.67. The fourth-order valence-corrected chi connectivity index (χ4v) is 7.41. The molecule has 0 saturated heterocycles. The summed E-state index contributed by atoms with van der Waals surface area (Å²) in [5.41, 5.74) is 10.4. The SMILES string of the molecule is Cc1cc(Oc2ccc3c4ccccc4n(-c4ccccn4)c3c2)cc(-n2[c](=[Pt])n(-c3ccccc3)c3cc(C)c(C)cc32)c1. The van der Waals surface area contributed by atoms with Gasteiger partial charge in [0.2, 0.25) is 0 Å². The van der Waals surface area contributed by atoms with Gasteiger partial charge in [-0.1, -0.05) is 18.2 Å². The summed E-state index contributed by atoms with van der Waals surface area (Å²) in [6, 6.07) is 42.4. The van der Waals surface area contributed by atoms with Gasteiger partial charge in [0, 0.05) is 6.20 Å². The predicted molar refractivity (Wildman–Crippen MR) is 179 cm³/mol. The van der Waals surface area contributed by atoms with Crippen molar-refractivity contribution in [2.45, 2.75) is 20.8 Å². The first-order valence-corrected chi connectivity index (χ1v) is 16.1. The Morgan fingerprint density at radius 1 is 0.533 bits per heavy atom. The summed E-state index contributed by atoms with van der Waals surface area (Å²) in [6.45, 7) is 6.48. The number of rotatable bonds is 5. The van der Waals surface area contributed by atoms with Gasteiger partial charge < -0.3 is 0 Å². The quantitative estimate of drug-likeness (QED) is 0.175. The van der Waals surface area contributed by atoms with Crippen LogP contribution in [0.5, 0.6) is 11.5 Å². The third-order valence-electron chi connectivity index (χ3n) is 8.48. The summed E-state index contributed by atoms with van der Waals surface area (Å²) in [4.78, 5) is 4.68. The van der Waals surface area contributed by atoms with E-state index in [1.54, 1.807) is 0 Å². The van der Waals surface area contributed by atoms with Crippen molar-refractivity contribution in [2.75, 3.05) is 0 Å². The number of nitrogens with zero attached hydrogens (tertiary/aromatic N) is 4. The normalized spacial score (nSPS) is 11.6. The molecule has 0 bridgehead atoms. The average Bonchev–Trinajstić information content (AvgIpc) is 3.52. The van der Waals surface area contributed by atoms with Crippen LogP contribution in [0.25, 0.3) is 50.0 Å². The number of aromatic nitrogens is 4. The van der Waals surface area contributed by atoms with Gasteiger partial charge in [-0.2, -0.15) is 0 Å². The molecule has 0 N–H and O–H groups in total. The zero-order chi connectivity index (χ0) is 30.7. The van der Waals surface area contributed by atoms with Gasteiger partial charge in [-0.15, -0.1) is 0 Å². The monoisotopic (exact) mass is 765 g/mol. The number of para-hydroxylation sites is 2. The molecule has 45 heavy (non-hydrogen) atoms. The van der Waals surface area contributed by atoms with Gasteiger partial charge in [-0.25, -0.2) is 0 Å². The molecule has 8 aromatic rings. The van der Waals surface area contributed by atoms with Crippen molar-refractivity contribution in [3.05, 3.63) is 148 Å². The molecule has 3 heterocycles. The van der Waals surface area contributed by atoms with Crippen LogP contribution in [0.4, 0.5) is 0 Å². The van der Waals surface area contributed by atoms with Crippen LogP contribution < -0.4 is 4.74 Å². The van der Waals surface area contributed by atoms with Crippen LogP contribution in [0.2, 0.25) is 0 Å². The molecular formula is C39H30N4OPt. The van der Waals surface area contributed by atoms with Gasteiger partial charge in [0.1, 0.15) is 0 Å². The van der Waals surface area contributed by atoms with E-state index < -0.39 is 0 Å². The number of benzene rings is 5. The summed E-state index contributed by atoms with van der Waals surface area (Å²) in [7, 11) is 0. The van der Waals surface area contributed by atoms with Gasteiger partial charge in [0.25, 0.3) is 0 Å². The number of hydrogen-bond acceptors (Lipinski definition) is 2. The van der Waals surface area contributed by atoms with E-state index in [4.69, 9.17) is 4.74 Å². The molecule has 3 aromatic heterocycles. The number of imidazole rings is 1.